The smallest absolute Gasteiger partial charge is 0.252 e. The van der Waals surface area contributed by atoms with Crippen molar-refractivity contribution >= 4 is 5.91 Å². The van der Waals surface area contributed by atoms with E-state index < -0.39 is 5.41 Å². The number of nitrogens with zero attached hydrogens (tertiary/aromatic N) is 1. The highest BCUT2D eigenvalue weighted by Crippen LogP contribution is 2.24. The van der Waals surface area contributed by atoms with E-state index >= 15 is 0 Å². The number of amides is 1. The molecule has 0 radical (unpaired) electrons. The van der Waals surface area contributed by atoms with Crippen LogP contribution in [0.4, 0.5) is 0 Å². The van der Waals surface area contributed by atoms with E-state index in [0.29, 0.717) is 13.2 Å². The molecular formula is C16H25NO3. The number of hydroxylamine groups is 2. The molecule has 20 heavy (non-hydrogen) atoms. The summed E-state index contributed by atoms with van der Waals surface area (Å²) in [7, 11) is 0. The fourth-order valence-electron chi connectivity index (χ4n) is 1.60. The van der Waals surface area contributed by atoms with Crippen LogP contribution in [0, 0.1) is 5.41 Å². The van der Waals surface area contributed by atoms with Crippen molar-refractivity contribution in [3.63, 3.8) is 0 Å². The van der Waals surface area contributed by atoms with Crippen molar-refractivity contribution in [2.24, 2.45) is 5.41 Å². The molecule has 0 aromatic heterocycles. The Morgan fingerprint density at radius 1 is 1.20 bits per heavy atom. The Kier molecular flexibility index (Phi) is 6.68. The zero-order chi connectivity index (χ0) is 15.0. The summed E-state index contributed by atoms with van der Waals surface area (Å²) in [5.74, 6) is -0.0245. The number of hydrogen-bond acceptors (Lipinski definition) is 3. The first kappa shape index (κ1) is 16.7. The number of ether oxygens (including phenoxy) is 1. The largest absolute Gasteiger partial charge is 0.353 e. The Balaban J connectivity index is 2.77. The molecule has 4 nitrogen and oxygen atoms in total. The second kappa shape index (κ2) is 8.02. The molecule has 1 amide bonds. The van der Waals surface area contributed by atoms with Crippen LogP contribution in [0.15, 0.2) is 30.3 Å². The van der Waals surface area contributed by atoms with Gasteiger partial charge in [-0.1, -0.05) is 51.1 Å². The highest BCUT2D eigenvalue weighted by Gasteiger charge is 2.31. The molecule has 0 atom stereocenters. The lowest BCUT2D eigenvalue weighted by Crippen LogP contribution is -2.40. The number of carbonyl (C=O) groups excluding carboxylic acids is 1. The predicted octanol–water partition coefficient (Wildman–Crippen LogP) is 3.38. The Hall–Kier alpha value is -1.39. The van der Waals surface area contributed by atoms with Crippen molar-refractivity contribution in [3.8, 4) is 0 Å². The fourth-order valence-corrected chi connectivity index (χ4v) is 1.60. The highest BCUT2D eigenvalue weighted by atomic mass is 16.8. The monoisotopic (exact) mass is 279 g/mol. The van der Waals surface area contributed by atoms with Gasteiger partial charge in [-0.2, -0.15) is 0 Å². The molecule has 0 saturated carbocycles. The van der Waals surface area contributed by atoms with Gasteiger partial charge in [-0.05, 0) is 18.9 Å². The summed E-state index contributed by atoms with van der Waals surface area (Å²) >= 11 is 0. The van der Waals surface area contributed by atoms with Gasteiger partial charge in [0, 0.05) is 12.0 Å². The molecule has 0 spiro atoms. The second-order valence-corrected chi connectivity index (χ2v) is 5.30. The molecule has 0 saturated heterocycles. The number of hydrogen-bond donors (Lipinski definition) is 0. The van der Waals surface area contributed by atoms with E-state index in [0.717, 1.165) is 12.0 Å². The molecule has 4 heteroatoms. The zero-order valence-corrected chi connectivity index (χ0v) is 12.9. The van der Waals surface area contributed by atoms with Crippen LogP contribution in [0.2, 0.25) is 0 Å². The van der Waals surface area contributed by atoms with E-state index in [-0.39, 0.29) is 12.7 Å². The summed E-state index contributed by atoms with van der Waals surface area (Å²) in [5.41, 5.74) is 0.588. The van der Waals surface area contributed by atoms with E-state index in [4.69, 9.17) is 9.57 Å². The zero-order valence-electron chi connectivity index (χ0n) is 12.9. The van der Waals surface area contributed by atoms with E-state index in [1.54, 1.807) is 0 Å². The average molecular weight is 279 g/mol. The standard InChI is InChI=1S/C16H25NO3/c1-5-16(3,4)15(18)17(20-13-19-6-2)12-14-10-8-7-9-11-14/h7-11H,5-6,12-13H2,1-4H3. The van der Waals surface area contributed by atoms with Gasteiger partial charge in [0.15, 0.2) is 6.79 Å². The molecule has 0 unspecified atom stereocenters. The predicted molar refractivity (Wildman–Crippen MR) is 78.6 cm³/mol. The average Bonchev–Trinajstić information content (AvgIpc) is 2.46. The second-order valence-electron chi connectivity index (χ2n) is 5.30. The van der Waals surface area contributed by atoms with Crippen LogP contribution in [0.3, 0.4) is 0 Å². The van der Waals surface area contributed by atoms with E-state index in [2.05, 4.69) is 0 Å². The minimum atomic E-state index is -0.443. The van der Waals surface area contributed by atoms with Crippen molar-refractivity contribution in [1.82, 2.24) is 5.06 Å². The van der Waals surface area contributed by atoms with E-state index in [1.807, 2.05) is 58.0 Å². The molecule has 1 aromatic carbocycles. The van der Waals surface area contributed by atoms with Gasteiger partial charge in [-0.15, -0.1) is 0 Å². The number of carbonyl (C=O) groups is 1. The van der Waals surface area contributed by atoms with Gasteiger partial charge in [-0.3, -0.25) is 4.79 Å². The van der Waals surface area contributed by atoms with Crippen LogP contribution in [0.1, 0.15) is 39.7 Å². The van der Waals surface area contributed by atoms with Gasteiger partial charge in [0.2, 0.25) is 0 Å². The van der Waals surface area contributed by atoms with Crippen molar-refractivity contribution in [2.75, 3.05) is 13.4 Å². The number of benzene rings is 1. The van der Waals surface area contributed by atoms with Crippen LogP contribution >= 0.6 is 0 Å². The molecule has 0 aliphatic rings. The maximum atomic E-state index is 12.5. The van der Waals surface area contributed by atoms with Gasteiger partial charge < -0.3 is 4.74 Å². The van der Waals surface area contributed by atoms with Gasteiger partial charge in [0.1, 0.15) is 0 Å². The maximum absolute atomic E-state index is 12.5. The third-order valence-corrected chi connectivity index (χ3v) is 3.35. The van der Waals surface area contributed by atoms with Gasteiger partial charge in [0.05, 0.1) is 6.54 Å². The molecule has 0 aliphatic carbocycles. The molecular weight excluding hydrogens is 254 g/mol. The summed E-state index contributed by atoms with van der Waals surface area (Å²) in [6, 6.07) is 9.80. The number of rotatable bonds is 8. The molecule has 1 aromatic rings. The third-order valence-electron chi connectivity index (χ3n) is 3.35. The molecule has 1 rings (SSSR count). The Morgan fingerprint density at radius 3 is 2.40 bits per heavy atom. The van der Waals surface area contributed by atoms with Crippen LogP contribution in [-0.4, -0.2) is 24.4 Å². The van der Waals surface area contributed by atoms with Gasteiger partial charge >= 0.3 is 0 Å². The lowest BCUT2D eigenvalue weighted by Gasteiger charge is -2.30. The molecule has 0 bridgehead atoms. The Bertz CT molecular complexity index is 403. The summed E-state index contributed by atoms with van der Waals surface area (Å²) in [5, 5.41) is 1.41. The minimum Gasteiger partial charge on any atom is -0.353 e. The summed E-state index contributed by atoms with van der Waals surface area (Å²) in [6.07, 6.45) is 0.759. The van der Waals surface area contributed by atoms with Gasteiger partial charge in [-0.25, -0.2) is 9.90 Å². The van der Waals surface area contributed by atoms with E-state index in [9.17, 15) is 4.79 Å². The first-order valence-corrected chi connectivity index (χ1v) is 7.07. The topological polar surface area (TPSA) is 38.8 Å². The van der Waals surface area contributed by atoms with Crippen molar-refractivity contribution in [1.29, 1.82) is 0 Å². The summed E-state index contributed by atoms with van der Waals surface area (Å²) in [6.45, 7) is 8.83. The van der Waals surface area contributed by atoms with E-state index in [1.165, 1.54) is 5.06 Å². The minimum absolute atomic E-state index is 0.0245. The van der Waals surface area contributed by atoms with Crippen LogP contribution in [-0.2, 0) is 20.9 Å². The maximum Gasteiger partial charge on any atom is 0.252 e. The van der Waals surface area contributed by atoms with Gasteiger partial charge in [0.25, 0.3) is 5.91 Å². The normalized spacial score (nSPS) is 11.4. The molecule has 0 heterocycles. The molecule has 0 aliphatic heterocycles. The molecule has 0 fully saturated rings. The van der Waals surface area contributed by atoms with Crippen molar-refractivity contribution in [3.05, 3.63) is 35.9 Å². The summed E-state index contributed by atoms with van der Waals surface area (Å²) < 4.78 is 5.18. The molecule has 112 valence electrons. The Morgan fingerprint density at radius 2 is 1.85 bits per heavy atom. The first-order valence-electron chi connectivity index (χ1n) is 7.07. The highest BCUT2D eigenvalue weighted by molar-refractivity contribution is 5.80. The first-order chi connectivity index (χ1) is 9.51. The lowest BCUT2D eigenvalue weighted by molar-refractivity contribution is -0.234. The summed E-state index contributed by atoms with van der Waals surface area (Å²) in [4.78, 5) is 18.0. The van der Waals surface area contributed by atoms with Crippen LogP contribution in [0.25, 0.3) is 0 Å². The van der Waals surface area contributed by atoms with Crippen molar-refractivity contribution < 1.29 is 14.4 Å². The quantitative estimate of drug-likeness (QED) is 0.416. The van der Waals surface area contributed by atoms with Crippen molar-refractivity contribution in [2.45, 2.75) is 40.7 Å². The Labute approximate surface area is 121 Å². The fraction of sp³-hybridized carbons (Fsp3) is 0.562. The lowest BCUT2D eigenvalue weighted by atomic mass is 9.89. The SMILES string of the molecule is CCOCON(Cc1ccccc1)C(=O)C(C)(C)CC. The van der Waals surface area contributed by atoms with Crippen LogP contribution < -0.4 is 0 Å². The van der Waals surface area contributed by atoms with Crippen LogP contribution in [0.5, 0.6) is 0 Å². The molecule has 0 N–H and O–H groups in total. The third kappa shape index (κ3) is 4.94.